The van der Waals surface area contributed by atoms with Gasteiger partial charge in [0.05, 0.1) is 0 Å². The number of hydrogen-bond donors (Lipinski definition) is 1. The highest BCUT2D eigenvalue weighted by atomic mass is 14.8. The van der Waals surface area contributed by atoms with Crippen LogP contribution in [-0.4, -0.2) is 13.1 Å². The minimum Gasteiger partial charge on any atom is -0.316 e. The highest BCUT2D eigenvalue weighted by Gasteiger charge is 2.04. The van der Waals surface area contributed by atoms with Gasteiger partial charge in [-0.05, 0) is 31.8 Å². The van der Waals surface area contributed by atoms with Crippen molar-refractivity contribution in [1.82, 2.24) is 5.32 Å². The quantitative estimate of drug-likeness (QED) is 0.474. The van der Waals surface area contributed by atoms with Gasteiger partial charge in [-0.1, -0.05) is 65.7 Å². The molecule has 16 heavy (non-hydrogen) atoms. The van der Waals surface area contributed by atoms with Crippen molar-refractivity contribution < 1.29 is 0 Å². The average molecular weight is 227 g/mol. The third-order valence-electron chi connectivity index (χ3n) is 3.40. The summed E-state index contributed by atoms with van der Waals surface area (Å²) >= 11 is 0. The van der Waals surface area contributed by atoms with E-state index in [2.05, 4.69) is 26.1 Å². The van der Waals surface area contributed by atoms with Crippen molar-refractivity contribution in [2.45, 2.75) is 78.6 Å². The van der Waals surface area contributed by atoms with Crippen LogP contribution < -0.4 is 5.32 Å². The molecular weight excluding hydrogens is 194 g/mol. The van der Waals surface area contributed by atoms with Crippen LogP contribution in [0.1, 0.15) is 78.6 Å². The lowest BCUT2D eigenvalue weighted by Gasteiger charge is -2.15. The predicted molar refractivity (Wildman–Crippen MR) is 74.9 cm³/mol. The van der Waals surface area contributed by atoms with Crippen LogP contribution in [0.25, 0.3) is 0 Å². The molecule has 0 saturated carbocycles. The van der Waals surface area contributed by atoms with E-state index in [4.69, 9.17) is 0 Å². The van der Waals surface area contributed by atoms with Gasteiger partial charge in [0, 0.05) is 0 Å². The molecule has 0 radical (unpaired) electrons. The molecule has 0 aromatic heterocycles. The molecule has 1 heteroatoms. The molecule has 0 saturated heterocycles. The van der Waals surface area contributed by atoms with E-state index < -0.39 is 0 Å². The minimum absolute atomic E-state index is 0.915. The molecule has 0 heterocycles. The van der Waals surface area contributed by atoms with Crippen LogP contribution in [0.5, 0.6) is 0 Å². The van der Waals surface area contributed by atoms with Gasteiger partial charge < -0.3 is 5.32 Å². The van der Waals surface area contributed by atoms with Crippen LogP contribution in [0.2, 0.25) is 0 Å². The molecule has 0 aromatic carbocycles. The molecule has 0 bridgehead atoms. The van der Waals surface area contributed by atoms with E-state index in [0.29, 0.717) is 0 Å². The Morgan fingerprint density at radius 3 is 2.12 bits per heavy atom. The second-order valence-electron chi connectivity index (χ2n) is 5.03. The van der Waals surface area contributed by atoms with E-state index in [9.17, 15) is 0 Å². The van der Waals surface area contributed by atoms with Gasteiger partial charge in [0.25, 0.3) is 0 Å². The number of nitrogens with one attached hydrogen (secondary N) is 1. The van der Waals surface area contributed by atoms with Crippen LogP contribution in [0.3, 0.4) is 0 Å². The Labute approximate surface area is 103 Å². The summed E-state index contributed by atoms with van der Waals surface area (Å²) in [5.74, 6) is 0.915. The highest BCUT2D eigenvalue weighted by molar-refractivity contribution is 4.61. The van der Waals surface area contributed by atoms with Gasteiger partial charge >= 0.3 is 0 Å². The first-order valence-corrected chi connectivity index (χ1v) is 7.55. The van der Waals surface area contributed by atoms with Gasteiger partial charge in [-0.25, -0.2) is 0 Å². The lowest BCUT2D eigenvalue weighted by molar-refractivity contribution is 0.411. The molecule has 1 N–H and O–H groups in total. The van der Waals surface area contributed by atoms with Crippen LogP contribution in [0.15, 0.2) is 0 Å². The van der Waals surface area contributed by atoms with Crippen LogP contribution in [0, 0.1) is 5.92 Å². The zero-order valence-electron chi connectivity index (χ0n) is 11.9. The summed E-state index contributed by atoms with van der Waals surface area (Å²) in [4.78, 5) is 0. The fourth-order valence-electron chi connectivity index (χ4n) is 2.15. The lowest BCUT2D eigenvalue weighted by atomic mass is 9.98. The van der Waals surface area contributed by atoms with Gasteiger partial charge in [0.15, 0.2) is 0 Å². The molecule has 0 aromatic rings. The van der Waals surface area contributed by atoms with Crippen LogP contribution in [-0.2, 0) is 0 Å². The standard InChI is InChI=1S/C15H33N/c1-4-7-8-9-10-11-12-15(6-3)14-16-13-5-2/h15-16H,4-14H2,1-3H3. The zero-order valence-corrected chi connectivity index (χ0v) is 11.9. The summed E-state index contributed by atoms with van der Waals surface area (Å²) in [6.07, 6.45) is 12.6. The van der Waals surface area contributed by atoms with Crippen LogP contribution >= 0.6 is 0 Å². The van der Waals surface area contributed by atoms with Gasteiger partial charge in [-0.2, -0.15) is 0 Å². The van der Waals surface area contributed by atoms with Gasteiger partial charge in [-0.3, -0.25) is 0 Å². The molecule has 0 spiro atoms. The Balaban J connectivity index is 3.26. The third kappa shape index (κ3) is 10.5. The molecule has 0 aliphatic heterocycles. The Kier molecular flexibility index (Phi) is 13.0. The summed E-state index contributed by atoms with van der Waals surface area (Å²) in [7, 11) is 0. The fraction of sp³-hybridized carbons (Fsp3) is 1.00. The number of unbranched alkanes of at least 4 members (excludes halogenated alkanes) is 5. The molecule has 0 aliphatic carbocycles. The predicted octanol–water partition coefficient (Wildman–Crippen LogP) is 4.76. The van der Waals surface area contributed by atoms with E-state index in [1.54, 1.807) is 0 Å². The summed E-state index contributed by atoms with van der Waals surface area (Å²) in [5.41, 5.74) is 0. The molecule has 1 nitrogen and oxygen atoms in total. The third-order valence-corrected chi connectivity index (χ3v) is 3.40. The minimum atomic E-state index is 0.915. The van der Waals surface area contributed by atoms with Crippen molar-refractivity contribution >= 4 is 0 Å². The van der Waals surface area contributed by atoms with Gasteiger partial charge in [0.1, 0.15) is 0 Å². The second kappa shape index (κ2) is 13.0. The first kappa shape index (κ1) is 16.0. The summed E-state index contributed by atoms with van der Waals surface area (Å²) in [6.45, 7) is 9.27. The first-order chi connectivity index (χ1) is 7.85. The molecule has 1 unspecified atom stereocenters. The van der Waals surface area contributed by atoms with E-state index >= 15 is 0 Å². The second-order valence-corrected chi connectivity index (χ2v) is 5.03. The SMILES string of the molecule is CCCCCCCCC(CC)CNCCC. The van der Waals surface area contributed by atoms with Crippen molar-refractivity contribution in [1.29, 1.82) is 0 Å². The van der Waals surface area contributed by atoms with Crippen LogP contribution in [0.4, 0.5) is 0 Å². The molecule has 98 valence electrons. The van der Waals surface area contributed by atoms with E-state index in [-0.39, 0.29) is 0 Å². The van der Waals surface area contributed by atoms with Crippen molar-refractivity contribution in [3.8, 4) is 0 Å². The molecule has 0 fully saturated rings. The van der Waals surface area contributed by atoms with Crippen molar-refractivity contribution in [3.05, 3.63) is 0 Å². The molecule has 0 amide bonds. The zero-order chi connectivity index (χ0) is 12.1. The highest BCUT2D eigenvalue weighted by Crippen LogP contribution is 2.14. The van der Waals surface area contributed by atoms with Crippen molar-refractivity contribution in [3.63, 3.8) is 0 Å². The Hall–Kier alpha value is -0.0400. The lowest BCUT2D eigenvalue weighted by Crippen LogP contribution is -2.23. The van der Waals surface area contributed by atoms with Crippen molar-refractivity contribution in [2.75, 3.05) is 13.1 Å². The molecule has 0 aliphatic rings. The number of rotatable bonds is 12. The monoisotopic (exact) mass is 227 g/mol. The van der Waals surface area contributed by atoms with Gasteiger partial charge in [0.2, 0.25) is 0 Å². The maximum absolute atomic E-state index is 3.55. The summed E-state index contributed by atoms with van der Waals surface area (Å²) in [6, 6.07) is 0. The maximum atomic E-state index is 3.55. The fourth-order valence-corrected chi connectivity index (χ4v) is 2.15. The normalized spacial score (nSPS) is 12.9. The van der Waals surface area contributed by atoms with E-state index in [1.807, 2.05) is 0 Å². The summed E-state index contributed by atoms with van der Waals surface area (Å²) < 4.78 is 0. The Bertz CT molecular complexity index is 123. The Morgan fingerprint density at radius 1 is 0.812 bits per heavy atom. The largest absolute Gasteiger partial charge is 0.316 e. The summed E-state index contributed by atoms with van der Waals surface area (Å²) in [5, 5.41) is 3.55. The first-order valence-electron chi connectivity index (χ1n) is 7.55. The Morgan fingerprint density at radius 2 is 1.50 bits per heavy atom. The average Bonchev–Trinajstić information content (AvgIpc) is 2.31. The van der Waals surface area contributed by atoms with Gasteiger partial charge in [-0.15, -0.1) is 0 Å². The van der Waals surface area contributed by atoms with E-state index in [0.717, 1.165) is 5.92 Å². The number of hydrogen-bond acceptors (Lipinski definition) is 1. The maximum Gasteiger partial charge on any atom is -0.00206 e. The molecule has 1 atom stereocenters. The topological polar surface area (TPSA) is 12.0 Å². The van der Waals surface area contributed by atoms with Crippen molar-refractivity contribution in [2.24, 2.45) is 5.92 Å². The smallest absolute Gasteiger partial charge is 0.00206 e. The molecule has 0 rings (SSSR count). The van der Waals surface area contributed by atoms with E-state index in [1.165, 1.54) is 70.9 Å². The molecular formula is C15H33N.